The molecule has 2 N–H and O–H groups in total. The molecule has 0 spiro atoms. The van der Waals surface area contributed by atoms with Crippen molar-refractivity contribution in [2.24, 2.45) is 0 Å². The fourth-order valence-corrected chi connectivity index (χ4v) is 7.13. The average Bonchev–Trinajstić information content (AvgIpc) is 3.42. The Kier molecular flexibility index (Phi) is 16.5. The Hall–Kier alpha value is -4.57. The van der Waals surface area contributed by atoms with Gasteiger partial charge >= 0.3 is 30.0 Å². The summed E-state index contributed by atoms with van der Waals surface area (Å²) in [6, 6.07) is 14.6. The Balaban J connectivity index is 1.52. The van der Waals surface area contributed by atoms with Crippen molar-refractivity contribution in [1.82, 2.24) is 24.9 Å². The topological polar surface area (TPSA) is 167 Å². The van der Waals surface area contributed by atoms with Crippen molar-refractivity contribution in [3.8, 4) is 11.1 Å². The molecule has 59 heavy (non-hydrogen) atoms. The number of carbonyl (C=O) groups excluding carboxylic acids is 4. The molecule has 1 saturated heterocycles. The molecule has 0 radical (unpaired) electrons. The number of esters is 3. The number of aliphatic carboxylic acids is 1. The summed E-state index contributed by atoms with van der Waals surface area (Å²) in [6.07, 6.45) is -0.850. The zero-order chi connectivity index (χ0) is 43.5. The van der Waals surface area contributed by atoms with E-state index in [1.54, 1.807) is 62.3 Å². The van der Waals surface area contributed by atoms with Crippen molar-refractivity contribution in [3.05, 3.63) is 59.7 Å². The van der Waals surface area contributed by atoms with Crippen LogP contribution in [0.2, 0.25) is 0 Å². The number of hydrogen-bond acceptors (Lipinski definition) is 13. The first-order valence-electron chi connectivity index (χ1n) is 20.4. The Morgan fingerprint density at radius 2 is 0.932 bits per heavy atom. The van der Waals surface area contributed by atoms with E-state index in [-0.39, 0.29) is 38.7 Å². The lowest BCUT2D eigenvalue weighted by Crippen LogP contribution is -2.53. The van der Waals surface area contributed by atoms with Gasteiger partial charge in [-0.05, 0) is 84.6 Å². The second kappa shape index (κ2) is 20.6. The molecular formula is C44H65N5O10. The van der Waals surface area contributed by atoms with Gasteiger partial charge in [0.25, 0.3) is 0 Å². The summed E-state index contributed by atoms with van der Waals surface area (Å²) in [5.74, 6) is -2.66. The summed E-state index contributed by atoms with van der Waals surface area (Å²) >= 11 is 0. The normalized spacial score (nSPS) is 17.4. The highest BCUT2D eigenvalue weighted by molar-refractivity contribution is 5.81. The molecule has 0 unspecified atom stereocenters. The molecule has 1 aliphatic carbocycles. The Morgan fingerprint density at radius 3 is 1.27 bits per heavy atom. The lowest BCUT2D eigenvalue weighted by molar-refractivity contribution is -0.158. The third kappa shape index (κ3) is 16.2. The van der Waals surface area contributed by atoms with Gasteiger partial charge in [0, 0.05) is 64.8 Å². The van der Waals surface area contributed by atoms with Crippen LogP contribution >= 0.6 is 0 Å². The van der Waals surface area contributed by atoms with Crippen LogP contribution in [0.1, 0.15) is 79.4 Å². The lowest BCUT2D eigenvalue weighted by atomic mass is 9.98. The van der Waals surface area contributed by atoms with E-state index in [0.717, 1.165) is 22.3 Å². The van der Waals surface area contributed by atoms with Gasteiger partial charge in [0.05, 0.1) is 19.6 Å². The van der Waals surface area contributed by atoms with Crippen LogP contribution in [0.15, 0.2) is 48.5 Å². The molecule has 1 heterocycles. The van der Waals surface area contributed by atoms with Crippen molar-refractivity contribution in [2.45, 2.75) is 91.1 Å². The summed E-state index contributed by atoms with van der Waals surface area (Å²) in [7, 11) is 0. The van der Waals surface area contributed by atoms with E-state index >= 15 is 0 Å². The Bertz CT molecular complexity index is 1670. The molecule has 326 valence electrons. The van der Waals surface area contributed by atoms with Crippen molar-refractivity contribution < 1.29 is 48.0 Å². The fourth-order valence-electron chi connectivity index (χ4n) is 7.13. The highest BCUT2D eigenvalue weighted by Crippen LogP contribution is 2.44. The van der Waals surface area contributed by atoms with Gasteiger partial charge in [0.15, 0.2) is 0 Å². The van der Waals surface area contributed by atoms with Gasteiger partial charge in [-0.15, -0.1) is 0 Å². The summed E-state index contributed by atoms with van der Waals surface area (Å²) in [4.78, 5) is 72.8. The Morgan fingerprint density at radius 1 is 0.593 bits per heavy atom. The van der Waals surface area contributed by atoms with Gasteiger partial charge in [-0.25, -0.2) is 9.59 Å². The second-order valence-electron chi connectivity index (χ2n) is 18.2. The Labute approximate surface area is 349 Å². The molecule has 1 amide bonds. The molecule has 4 rings (SSSR count). The molecular weight excluding hydrogens is 759 g/mol. The number of alkyl carbamates (subject to hydrolysis) is 1. The van der Waals surface area contributed by atoms with Crippen LogP contribution in [0, 0.1) is 0 Å². The third-order valence-electron chi connectivity index (χ3n) is 9.62. The summed E-state index contributed by atoms with van der Waals surface area (Å²) in [6.45, 7) is 18.9. The maximum absolute atomic E-state index is 13.3. The molecule has 0 aromatic heterocycles. The van der Waals surface area contributed by atoms with E-state index < -0.39 is 52.8 Å². The van der Waals surface area contributed by atoms with Crippen LogP contribution in [0.5, 0.6) is 0 Å². The average molecular weight is 824 g/mol. The minimum absolute atomic E-state index is 0.00573. The number of nitrogens with one attached hydrogen (secondary N) is 1. The van der Waals surface area contributed by atoms with Crippen LogP contribution in [0.4, 0.5) is 4.79 Å². The van der Waals surface area contributed by atoms with Gasteiger partial charge in [-0.3, -0.25) is 34.0 Å². The van der Waals surface area contributed by atoms with Crippen LogP contribution in [0.3, 0.4) is 0 Å². The van der Waals surface area contributed by atoms with Gasteiger partial charge < -0.3 is 29.4 Å². The minimum atomic E-state index is -1.33. The van der Waals surface area contributed by atoms with Gasteiger partial charge in [-0.1, -0.05) is 48.5 Å². The quantitative estimate of drug-likeness (QED) is 0.231. The number of benzene rings is 2. The van der Waals surface area contributed by atoms with Crippen molar-refractivity contribution in [1.29, 1.82) is 0 Å². The van der Waals surface area contributed by atoms with Gasteiger partial charge in [0.1, 0.15) is 29.5 Å². The van der Waals surface area contributed by atoms with Crippen LogP contribution in [-0.4, -0.2) is 163 Å². The maximum atomic E-state index is 13.3. The monoisotopic (exact) mass is 823 g/mol. The number of carbonyl (C=O) groups is 5. The molecule has 0 bridgehead atoms. The minimum Gasteiger partial charge on any atom is -0.480 e. The molecule has 1 fully saturated rings. The number of nitrogens with zero attached hydrogens (tertiary/aromatic N) is 4. The van der Waals surface area contributed by atoms with Gasteiger partial charge in [0.2, 0.25) is 0 Å². The second-order valence-corrected chi connectivity index (χ2v) is 18.2. The molecule has 15 nitrogen and oxygen atoms in total. The molecule has 2 aromatic rings. The summed E-state index contributed by atoms with van der Waals surface area (Å²) in [5, 5.41) is 12.9. The van der Waals surface area contributed by atoms with Gasteiger partial charge in [-0.2, -0.15) is 0 Å². The van der Waals surface area contributed by atoms with Crippen molar-refractivity contribution >= 4 is 30.0 Å². The van der Waals surface area contributed by atoms with Crippen LogP contribution in [-0.2, 0) is 38.1 Å². The third-order valence-corrected chi connectivity index (χ3v) is 9.62. The fraction of sp³-hybridized carbons (Fsp3) is 0.614. The molecule has 1 atom stereocenters. The highest BCUT2D eigenvalue weighted by Gasteiger charge is 2.31. The first kappa shape index (κ1) is 47.1. The van der Waals surface area contributed by atoms with Crippen LogP contribution in [0.25, 0.3) is 11.1 Å². The zero-order valence-corrected chi connectivity index (χ0v) is 36.4. The maximum Gasteiger partial charge on any atom is 0.407 e. The summed E-state index contributed by atoms with van der Waals surface area (Å²) < 4.78 is 22.6. The zero-order valence-electron chi connectivity index (χ0n) is 36.4. The molecule has 15 heteroatoms. The first-order valence-corrected chi connectivity index (χ1v) is 20.4. The largest absolute Gasteiger partial charge is 0.480 e. The molecule has 2 aliphatic rings. The SMILES string of the molecule is CC(C)(C)OC(=O)CN1CCN(CC(=O)OC(C)(C)C)CCN(C[C@@H](NC(=O)OCC2c3ccccc3-c3ccccc32)C(=O)O)CCN(CC(=O)OC(C)(C)C)CC1. The highest BCUT2D eigenvalue weighted by atomic mass is 16.6. The van der Waals surface area contributed by atoms with E-state index in [1.165, 1.54) is 0 Å². The lowest BCUT2D eigenvalue weighted by Gasteiger charge is -2.35. The molecule has 2 aromatic carbocycles. The number of rotatable bonds is 12. The van der Waals surface area contributed by atoms with Crippen molar-refractivity contribution in [2.75, 3.05) is 85.1 Å². The smallest absolute Gasteiger partial charge is 0.407 e. The number of carboxylic acid groups (broad SMARTS) is 1. The van der Waals surface area contributed by atoms with E-state index in [0.29, 0.717) is 52.4 Å². The number of amides is 1. The van der Waals surface area contributed by atoms with E-state index in [9.17, 15) is 29.1 Å². The number of fused-ring (bicyclic) bond motifs is 3. The number of carboxylic acids is 1. The van der Waals surface area contributed by atoms with E-state index in [1.807, 2.05) is 68.1 Å². The molecule has 0 saturated carbocycles. The predicted molar refractivity (Wildman–Crippen MR) is 223 cm³/mol. The van der Waals surface area contributed by atoms with E-state index in [4.69, 9.17) is 18.9 Å². The molecule has 1 aliphatic heterocycles. The van der Waals surface area contributed by atoms with Crippen LogP contribution < -0.4 is 5.32 Å². The standard InChI is InChI=1S/C44H65N5O10/c1-42(2,3)57-37(50)27-47-20-18-46(19-21-48(28-38(51)58-43(4,5)6)23-25-49(24-22-47)29-39(52)59-44(7,8)9)26-36(40(53)54)45-41(55)56-30-35-33-16-12-10-14-31(33)32-15-11-13-17-34(32)35/h10-17,35-36H,18-30H2,1-9H3,(H,45,55)(H,53,54)/t36-/m1/s1. The predicted octanol–water partition coefficient (Wildman–Crippen LogP) is 4.23. The summed E-state index contributed by atoms with van der Waals surface area (Å²) in [5.41, 5.74) is 2.16. The number of hydrogen-bond donors (Lipinski definition) is 2. The van der Waals surface area contributed by atoms with Crippen molar-refractivity contribution in [3.63, 3.8) is 0 Å². The number of ether oxygens (including phenoxy) is 4. The first-order chi connectivity index (χ1) is 27.5. The van der Waals surface area contributed by atoms with E-state index in [2.05, 4.69) is 5.32 Å².